The zero-order valence-electron chi connectivity index (χ0n) is 13.3. The summed E-state index contributed by atoms with van der Waals surface area (Å²) in [6, 6.07) is 17.2. The Hall–Kier alpha value is -1.80. The molecule has 0 radical (unpaired) electrons. The quantitative estimate of drug-likeness (QED) is 0.822. The summed E-state index contributed by atoms with van der Waals surface area (Å²) in [4.78, 5) is 0. The molecule has 0 amide bonds. The number of nitrogens with one attached hydrogen (secondary N) is 1. The lowest BCUT2D eigenvalue weighted by Crippen LogP contribution is -2.28. The van der Waals surface area contributed by atoms with Gasteiger partial charge in [0.15, 0.2) is 0 Å². The van der Waals surface area contributed by atoms with Crippen LogP contribution in [0.5, 0.6) is 5.75 Å². The van der Waals surface area contributed by atoms with Crippen LogP contribution in [0.4, 0.5) is 0 Å². The highest BCUT2D eigenvalue weighted by atomic mass is 16.5. The fourth-order valence-corrected chi connectivity index (χ4v) is 3.31. The van der Waals surface area contributed by atoms with Crippen molar-refractivity contribution in [3.63, 3.8) is 0 Å². The number of benzene rings is 2. The zero-order chi connectivity index (χ0) is 15.2. The molecule has 0 saturated heterocycles. The van der Waals surface area contributed by atoms with Crippen LogP contribution in [-0.2, 0) is 19.3 Å². The first-order valence-electron chi connectivity index (χ1n) is 8.25. The smallest absolute Gasteiger partial charge is 0.119 e. The van der Waals surface area contributed by atoms with E-state index in [-0.39, 0.29) is 0 Å². The van der Waals surface area contributed by atoms with E-state index in [1.807, 2.05) is 6.07 Å². The number of ether oxygens (including phenoxy) is 1. The summed E-state index contributed by atoms with van der Waals surface area (Å²) in [6.45, 7) is 2.16. The van der Waals surface area contributed by atoms with E-state index in [0.717, 1.165) is 31.2 Å². The van der Waals surface area contributed by atoms with Crippen LogP contribution in [0.3, 0.4) is 0 Å². The van der Waals surface area contributed by atoms with Crippen LogP contribution in [0.1, 0.15) is 23.1 Å². The average molecular weight is 295 g/mol. The fourth-order valence-electron chi connectivity index (χ4n) is 3.31. The highest BCUT2D eigenvalue weighted by molar-refractivity contribution is 5.30. The number of methoxy groups -OCH3 is 1. The van der Waals surface area contributed by atoms with E-state index in [9.17, 15) is 0 Å². The van der Waals surface area contributed by atoms with E-state index < -0.39 is 0 Å². The van der Waals surface area contributed by atoms with Gasteiger partial charge in [-0.25, -0.2) is 0 Å². The van der Waals surface area contributed by atoms with Gasteiger partial charge in [-0.1, -0.05) is 36.4 Å². The molecule has 0 aliphatic heterocycles. The summed E-state index contributed by atoms with van der Waals surface area (Å²) in [6.07, 6.45) is 4.82. The number of fused-ring (bicyclic) bond motifs is 1. The van der Waals surface area contributed by atoms with Crippen molar-refractivity contribution in [3.8, 4) is 5.75 Å². The van der Waals surface area contributed by atoms with Gasteiger partial charge in [-0.2, -0.15) is 0 Å². The van der Waals surface area contributed by atoms with E-state index in [2.05, 4.69) is 47.8 Å². The third-order valence-electron chi connectivity index (χ3n) is 4.61. The van der Waals surface area contributed by atoms with Gasteiger partial charge in [-0.15, -0.1) is 0 Å². The first-order chi connectivity index (χ1) is 10.8. The molecule has 2 nitrogen and oxygen atoms in total. The molecule has 3 rings (SSSR count). The monoisotopic (exact) mass is 295 g/mol. The SMILES string of the molecule is COc1cccc(CCNCC2CCc3ccccc3C2)c1. The zero-order valence-corrected chi connectivity index (χ0v) is 13.3. The first-order valence-corrected chi connectivity index (χ1v) is 8.25. The Bertz CT molecular complexity index is 608. The fraction of sp³-hybridized carbons (Fsp3) is 0.400. The molecule has 22 heavy (non-hydrogen) atoms. The molecule has 0 fully saturated rings. The number of rotatable bonds is 6. The van der Waals surface area contributed by atoms with E-state index in [1.54, 1.807) is 18.2 Å². The molecule has 0 aromatic heterocycles. The van der Waals surface area contributed by atoms with Gasteiger partial charge in [0.1, 0.15) is 5.75 Å². The highest BCUT2D eigenvalue weighted by Crippen LogP contribution is 2.24. The van der Waals surface area contributed by atoms with Crippen LogP contribution in [0.2, 0.25) is 0 Å². The Morgan fingerprint density at radius 2 is 1.95 bits per heavy atom. The lowest BCUT2D eigenvalue weighted by atomic mass is 9.84. The van der Waals surface area contributed by atoms with Gasteiger partial charge in [-0.3, -0.25) is 0 Å². The van der Waals surface area contributed by atoms with Gasteiger partial charge >= 0.3 is 0 Å². The molecule has 116 valence electrons. The van der Waals surface area contributed by atoms with Crippen LogP contribution >= 0.6 is 0 Å². The lowest BCUT2D eigenvalue weighted by molar-refractivity contribution is 0.413. The third-order valence-corrected chi connectivity index (χ3v) is 4.61. The topological polar surface area (TPSA) is 21.3 Å². The molecular formula is C20H25NO. The lowest BCUT2D eigenvalue weighted by Gasteiger charge is -2.24. The summed E-state index contributed by atoms with van der Waals surface area (Å²) < 4.78 is 5.27. The maximum Gasteiger partial charge on any atom is 0.119 e. The summed E-state index contributed by atoms with van der Waals surface area (Å²) in [7, 11) is 1.72. The van der Waals surface area contributed by atoms with Gasteiger partial charge in [0, 0.05) is 0 Å². The summed E-state index contributed by atoms with van der Waals surface area (Å²) >= 11 is 0. The van der Waals surface area contributed by atoms with Gasteiger partial charge in [0.25, 0.3) is 0 Å². The van der Waals surface area contributed by atoms with Crippen molar-refractivity contribution in [3.05, 3.63) is 65.2 Å². The largest absolute Gasteiger partial charge is 0.497 e. The molecular weight excluding hydrogens is 270 g/mol. The summed E-state index contributed by atoms with van der Waals surface area (Å²) in [5.41, 5.74) is 4.43. The van der Waals surface area contributed by atoms with Crippen LogP contribution in [0.15, 0.2) is 48.5 Å². The van der Waals surface area contributed by atoms with Crippen LogP contribution in [-0.4, -0.2) is 20.2 Å². The maximum absolute atomic E-state index is 5.27. The Kier molecular flexibility index (Phi) is 5.12. The van der Waals surface area contributed by atoms with E-state index in [4.69, 9.17) is 4.74 Å². The van der Waals surface area contributed by atoms with Crippen molar-refractivity contribution in [2.45, 2.75) is 25.7 Å². The van der Waals surface area contributed by atoms with Crippen molar-refractivity contribution in [2.24, 2.45) is 5.92 Å². The molecule has 0 spiro atoms. The molecule has 1 N–H and O–H groups in total. The molecule has 2 heteroatoms. The number of aryl methyl sites for hydroxylation is 1. The van der Waals surface area contributed by atoms with Crippen molar-refractivity contribution >= 4 is 0 Å². The second-order valence-corrected chi connectivity index (χ2v) is 6.18. The third kappa shape index (κ3) is 3.89. The summed E-state index contributed by atoms with van der Waals surface area (Å²) in [5, 5.41) is 3.63. The van der Waals surface area contributed by atoms with E-state index in [0.29, 0.717) is 0 Å². The predicted octanol–water partition coefficient (Wildman–Crippen LogP) is 3.63. The predicted molar refractivity (Wildman–Crippen MR) is 91.5 cm³/mol. The van der Waals surface area contributed by atoms with E-state index in [1.165, 1.54) is 24.8 Å². The minimum atomic E-state index is 0.778. The van der Waals surface area contributed by atoms with Crippen LogP contribution < -0.4 is 10.1 Å². The second kappa shape index (κ2) is 7.46. The van der Waals surface area contributed by atoms with Crippen molar-refractivity contribution in [2.75, 3.05) is 20.2 Å². The van der Waals surface area contributed by atoms with Gasteiger partial charge in [0.05, 0.1) is 7.11 Å². The first kappa shape index (κ1) is 15.1. The second-order valence-electron chi connectivity index (χ2n) is 6.18. The van der Waals surface area contributed by atoms with E-state index >= 15 is 0 Å². The van der Waals surface area contributed by atoms with Gasteiger partial charge < -0.3 is 10.1 Å². The maximum atomic E-state index is 5.27. The Balaban J connectivity index is 1.42. The Labute approximate surface area is 133 Å². The standard InChI is InChI=1S/C20H25NO/c1-22-20-8-4-5-16(14-20)11-12-21-15-17-9-10-18-6-2-3-7-19(18)13-17/h2-8,14,17,21H,9-13,15H2,1H3. The Morgan fingerprint density at radius 1 is 1.09 bits per heavy atom. The number of hydrogen-bond acceptors (Lipinski definition) is 2. The van der Waals surface area contributed by atoms with Crippen LogP contribution in [0, 0.1) is 5.92 Å². The molecule has 0 heterocycles. The minimum absolute atomic E-state index is 0.778. The van der Waals surface area contributed by atoms with Gasteiger partial charge in [0.2, 0.25) is 0 Å². The van der Waals surface area contributed by atoms with Crippen molar-refractivity contribution in [1.82, 2.24) is 5.32 Å². The molecule has 2 aromatic rings. The summed E-state index contributed by atoms with van der Waals surface area (Å²) in [5.74, 6) is 1.72. The number of hydrogen-bond donors (Lipinski definition) is 1. The average Bonchev–Trinajstić information content (AvgIpc) is 2.59. The Morgan fingerprint density at radius 3 is 2.82 bits per heavy atom. The molecule has 1 unspecified atom stereocenters. The molecule has 1 atom stereocenters. The molecule has 1 aliphatic carbocycles. The molecule has 2 aromatic carbocycles. The highest BCUT2D eigenvalue weighted by Gasteiger charge is 2.17. The normalized spacial score (nSPS) is 17.0. The molecule has 0 saturated carbocycles. The van der Waals surface area contributed by atoms with Crippen LogP contribution in [0.25, 0.3) is 0 Å². The molecule has 0 bridgehead atoms. The molecule has 1 aliphatic rings. The van der Waals surface area contributed by atoms with Crippen molar-refractivity contribution in [1.29, 1.82) is 0 Å². The minimum Gasteiger partial charge on any atom is -0.497 e. The van der Waals surface area contributed by atoms with Gasteiger partial charge in [-0.05, 0) is 73.5 Å². The van der Waals surface area contributed by atoms with Crippen molar-refractivity contribution < 1.29 is 4.74 Å².